The molecule has 1 fully saturated rings. The highest BCUT2D eigenvalue weighted by Crippen LogP contribution is 2.19. The lowest BCUT2D eigenvalue weighted by molar-refractivity contribution is -0.153. The van der Waals surface area contributed by atoms with Crippen molar-refractivity contribution >= 4 is 5.96 Å². The third kappa shape index (κ3) is 7.66. The number of guanidine groups is 1. The van der Waals surface area contributed by atoms with Crippen molar-refractivity contribution < 1.29 is 17.9 Å². The van der Waals surface area contributed by atoms with E-state index in [-0.39, 0.29) is 5.75 Å². The Labute approximate surface area is 159 Å². The van der Waals surface area contributed by atoms with E-state index in [1.165, 1.54) is 12.8 Å². The molecule has 2 rings (SSSR count). The van der Waals surface area contributed by atoms with E-state index in [1.807, 2.05) is 0 Å². The number of nitrogens with zero attached hydrogens (tertiary/aromatic N) is 2. The lowest BCUT2D eigenvalue weighted by Gasteiger charge is -2.27. The Morgan fingerprint density at radius 3 is 2.41 bits per heavy atom. The van der Waals surface area contributed by atoms with Crippen LogP contribution < -0.4 is 15.4 Å². The van der Waals surface area contributed by atoms with E-state index in [1.54, 1.807) is 31.3 Å². The van der Waals surface area contributed by atoms with Crippen LogP contribution >= 0.6 is 0 Å². The quantitative estimate of drug-likeness (QED) is 0.532. The molecule has 0 amide bonds. The third-order valence-electron chi connectivity index (χ3n) is 4.64. The van der Waals surface area contributed by atoms with Crippen LogP contribution in [0.15, 0.2) is 29.3 Å². The van der Waals surface area contributed by atoms with Gasteiger partial charge in [0.2, 0.25) is 0 Å². The zero-order valence-corrected chi connectivity index (χ0v) is 16.0. The van der Waals surface area contributed by atoms with Crippen molar-refractivity contribution in [3.63, 3.8) is 0 Å². The van der Waals surface area contributed by atoms with Crippen LogP contribution in [-0.2, 0) is 6.54 Å². The maximum Gasteiger partial charge on any atom is 0.422 e. The van der Waals surface area contributed by atoms with Crippen LogP contribution in [0.1, 0.15) is 31.7 Å². The van der Waals surface area contributed by atoms with Gasteiger partial charge in [0.15, 0.2) is 12.6 Å². The second-order valence-electron chi connectivity index (χ2n) is 6.66. The number of halogens is 3. The first-order valence-electron chi connectivity index (χ1n) is 9.38. The number of ether oxygens (including phenoxy) is 1. The molecule has 1 aliphatic rings. The molecule has 1 saturated heterocycles. The summed E-state index contributed by atoms with van der Waals surface area (Å²) in [6.07, 6.45) is -0.703. The predicted octanol–water partition coefficient (Wildman–Crippen LogP) is 3.17. The summed E-state index contributed by atoms with van der Waals surface area (Å²) in [6, 6.07) is 7.06. The van der Waals surface area contributed by atoms with E-state index < -0.39 is 12.8 Å². The molecule has 1 unspecified atom stereocenters. The first-order chi connectivity index (χ1) is 12.9. The van der Waals surface area contributed by atoms with Crippen LogP contribution in [0.2, 0.25) is 0 Å². The highest BCUT2D eigenvalue weighted by molar-refractivity contribution is 5.79. The van der Waals surface area contributed by atoms with Crippen molar-refractivity contribution in [3.05, 3.63) is 29.8 Å². The summed E-state index contributed by atoms with van der Waals surface area (Å²) < 4.78 is 41.2. The maximum absolute atomic E-state index is 12.2. The van der Waals surface area contributed by atoms with E-state index in [0.717, 1.165) is 31.6 Å². The van der Waals surface area contributed by atoms with Gasteiger partial charge in [-0.15, -0.1) is 0 Å². The minimum atomic E-state index is -4.33. The molecule has 1 heterocycles. The third-order valence-corrected chi connectivity index (χ3v) is 4.64. The van der Waals surface area contributed by atoms with Crippen molar-refractivity contribution in [1.29, 1.82) is 0 Å². The lowest BCUT2D eigenvalue weighted by Crippen LogP contribution is -2.46. The maximum atomic E-state index is 12.2. The monoisotopic (exact) mass is 386 g/mol. The normalized spacial score (nSPS) is 17.0. The topological polar surface area (TPSA) is 48.9 Å². The predicted molar refractivity (Wildman–Crippen MR) is 101 cm³/mol. The van der Waals surface area contributed by atoms with Gasteiger partial charge in [-0.3, -0.25) is 9.89 Å². The fourth-order valence-electron chi connectivity index (χ4n) is 3.13. The summed E-state index contributed by atoms with van der Waals surface area (Å²) in [5.41, 5.74) is 0.934. The number of benzene rings is 1. The molecule has 1 aromatic carbocycles. The van der Waals surface area contributed by atoms with Gasteiger partial charge in [-0.05, 0) is 50.0 Å². The van der Waals surface area contributed by atoms with E-state index in [0.29, 0.717) is 18.5 Å². The minimum Gasteiger partial charge on any atom is -0.484 e. The van der Waals surface area contributed by atoms with Crippen LogP contribution in [0.4, 0.5) is 13.2 Å². The molecule has 1 atom stereocenters. The molecule has 1 aromatic rings. The Balaban J connectivity index is 1.76. The summed E-state index contributed by atoms with van der Waals surface area (Å²) in [7, 11) is 1.72. The van der Waals surface area contributed by atoms with Crippen molar-refractivity contribution in [2.45, 2.75) is 44.9 Å². The zero-order chi connectivity index (χ0) is 19.7. The van der Waals surface area contributed by atoms with E-state index in [4.69, 9.17) is 4.74 Å². The van der Waals surface area contributed by atoms with E-state index in [2.05, 4.69) is 27.4 Å². The molecule has 0 radical (unpaired) electrons. The van der Waals surface area contributed by atoms with Gasteiger partial charge < -0.3 is 15.4 Å². The van der Waals surface area contributed by atoms with E-state index in [9.17, 15) is 13.2 Å². The van der Waals surface area contributed by atoms with Crippen LogP contribution in [0, 0.1) is 0 Å². The first-order valence-corrected chi connectivity index (χ1v) is 9.38. The number of nitrogens with one attached hydrogen (secondary N) is 2. The van der Waals surface area contributed by atoms with Crippen molar-refractivity contribution in [2.75, 3.05) is 33.3 Å². The standard InChI is InChI=1S/C19H29F3N4O/c1-3-16(26-10-4-5-11-26)13-25-18(23-2)24-12-15-6-8-17(9-7-15)27-14-19(20,21)22/h6-9,16H,3-5,10-14H2,1-2H3,(H2,23,24,25). The average molecular weight is 386 g/mol. The van der Waals surface area contributed by atoms with Crippen LogP contribution in [-0.4, -0.2) is 56.4 Å². The SMILES string of the molecule is CCC(CNC(=NC)NCc1ccc(OCC(F)(F)F)cc1)N1CCCC1. The van der Waals surface area contributed by atoms with Crippen molar-refractivity contribution in [3.8, 4) is 5.75 Å². The molecule has 152 valence electrons. The van der Waals surface area contributed by atoms with Gasteiger partial charge in [-0.2, -0.15) is 13.2 Å². The Morgan fingerprint density at radius 2 is 1.85 bits per heavy atom. The highest BCUT2D eigenvalue weighted by Gasteiger charge is 2.28. The molecule has 27 heavy (non-hydrogen) atoms. The number of alkyl halides is 3. The highest BCUT2D eigenvalue weighted by atomic mass is 19.4. The molecule has 8 heteroatoms. The van der Waals surface area contributed by atoms with Gasteiger partial charge in [0.1, 0.15) is 5.75 Å². The molecule has 0 aliphatic carbocycles. The Kier molecular flexibility index (Phi) is 8.22. The molecule has 5 nitrogen and oxygen atoms in total. The molecule has 0 spiro atoms. The van der Waals surface area contributed by atoms with E-state index >= 15 is 0 Å². The second-order valence-corrected chi connectivity index (χ2v) is 6.66. The Hall–Kier alpha value is -1.96. The summed E-state index contributed by atoms with van der Waals surface area (Å²) in [5, 5.41) is 6.59. The molecular formula is C19H29F3N4O. The second kappa shape index (κ2) is 10.4. The number of hydrogen-bond acceptors (Lipinski definition) is 3. The smallest absolute Gasteiger partial charge is 0.422 e. The number of likely N-dealkylation sites (tertiary alicyclic amines) is 1. The molecule has 0 bridgehead atoms. The zero-order valence-electron chi connectivity index (χ0n) is 16.0. The van der Waals surface area contributed by atoms with Gasteiger partial charge in [-0.1, -0.05) is 19.1 Å². The number of rotatable bonds is 8. The summed E-state index contributed by atoms with van der Waals surface area (Å²) >= 11 is 0. The fourth-order valence-corrected chi connectivity index (χ4v) is 3.13. The number of aliphatic imine (C=N–C) groups is 1. The van der Waals surface area contributed by atoms with Crippen LogP contribution in [0.3, 0.4) is 0 Å². The molecule has 0 saturated carbocycles. The van der Waals surface area contributed by atoms with Gasteiger partial charge in [0.25, 0.3) is 0 Å². The van der Waals surface area contributed by atoms with Gasteiger partial charge in [0.05, 0.1) is 0 Å². The Morgan fingerprint density at radius 1 is 1.19 bits per heavy atom. The fraction of sp³-hybridized carbons (Fsp3) is 0.632. The minimum absolute atomic E-state index is 0.204. The summed E-state index contributed by atoms with van der Waals surface area (Å²) in [5.74, 6) is 0.917. The van der Waals surface area contributed by atoms with Gasteiger partial charge in [-0.25, -0.2) is 0 Å². The largest absolute Gasteiger partial charge is 0.484 e. The van der Waals surface area contributed by atoms with Gasteiger partial charge >= 0.3 is 6.18 Å². The summed E-state index contributed by atoms with van der Waals surface area (Å²) in [6.45, 7) is 4.60. The molecule has 2 N–H and O–H groups in total. The Bertz CT molecular complexity index is 584. The van der Waals surface area contributed by atoms with Crippen LogP contribution in [0.25, 0.3) is 0 Å². The van der Waals surface area contributed by atoms with Gasteiger partial charge in [0, 0.05) is 26.2 Å². The average Bonchev–Trinajstić information content (AvgIpc) is 3.18. The summed E-state index contributed by atoms with van der Waals surface area (Å²) in [4.78, 5) is 6.75. The number of hydrogen-bond donors (Lipinski definition) is 2. The van der Waals surface area contributed by atoms with Crippen molar-refractivity contribution in [1.82, 2.24) is 15.5 Å². The first kappa shape index (κ1) is 21.3. The molecule has 1 aliphatic heterocycles. The van der Waals surface area contributed by atoms with Crippen molar-refractivity contribution in [2.24, 2.45) is 4.99 Å². The molecular weight excluding hydrogens is 357 g/mol. The molecule has 0 aromatic heterocycles. The lowest BCUT2D eigenvalue weighted by atomic mass is 10.2. The van der Waals surface area contributed by atoms with Crippen LogP contribution in [0.5, 0.6) is 5.75 Å².